The van der Waals surface area contributed by atoms with Crippen molar-refractivity contribution in [2.45, 2.75) is 38.1 Å². The fraction of sp³-hybridized carbons (Fsp3) is 0.348. The SMILES string of the molecule is COC(=O)c1ccc(C2=NOC(c3cc(C)cc(Cl)c3)(C(F)(F)F)C2)nc1C#CC(C)OS(C)(=O)=O. The molecule has 0 saturated heterocycles. The predicted molar refractivity (Wildman–Crippen MR) is 124 cm³/mol. The highest BCUT2D eigenvalue weighted by Crippen LogP contribution is 2.49. The molecule has 1 aliphatic heterocycles. The zero-order valence-corrected chi connectivity index (χ0v) is 21.0. The van der Waals surface area contributed by atoms with Crippen LogP contribution >= 0.6 is 11.6 Å². The molecule has 2 heterocycles. The number of ether oxygens (including phenoxy) is 1. The maximum Gasteiger partial charge on any atom is 0.435 e. The van der Waals surface area contributed by atoms with E-state index in [0.29, 0.717) is 5.56 Å². The standard InChI is InChI=1S/C23H20ClF3N2O6S/c1-13-9-15(11-16(24)10-13)22(23(25,26)27)12-20(29-35-22)19-8-6-17(21(30)33-3)18(28-19)7-5-14(2)34-36(4,31)32/h6,8-11,14H,12H2,1-4H3. The highest BCUT2D eigenvalue weighted by Gasteiger charge is 2.62. The fourth-order valence-electron chi connectivity index (χ4n) is 3.46. The number of aryl methyl sites for hydroxylation is 1. The minimum absolute atomic E-state index is 0.0338. The second-order valence-electron chi connectivity index (χ2n) is 7.94. The van der Waals surface area contributed by atoms with Crippen LogP contribution in [0.5, 0.6) is 0 Å². The lowest BCUT2D eigenvalue weighted by Crippen LogP contribution is -2.42. The molecule has 0 amide bonds. The lowest BCUT2D eigenvalue weighted by Gasteiger charge is -2.29. The van der Waals surface area contributed by atoms with Crippen molar-refractivity contribution in [3.05, 3.63) is 63.4 Å². The molecule has 8 nitrogen and oxygen atoms in total. The van der Waals surface area contributed by atoms with Crippen molar-refractivity contribution in [3.63, 3.8) is 0 Å². The summed E-state index contributed by atoms with van der Waals surface area (Å²) in [5, 5.41) is 3.77. The molecule has 13 heteroatoms. The first-order chi connectivity index (χ1) is 16.6. The van der Waals surface area contributed by atoms with Gasteiger partial charge in [-0.3, -0.25) is 4.18 Å². The highest BCUT2D eigenvalue weighted by atomic mass is 35.5. The van der Waals surface area contributed by atoms with Crippen molar-refractivity contribution in [2.75, 3.05) is 13.4 Å². The molecule has 1 aliphatic rings. The molecule has 1 aromatic heterocycles. The molecule has 192 valence electrons. The summed E-state index contributed by atoms with van der Waals surface area (Å²) in [5.41, 5.74) is -2.97. The predicted octanol–water partition coefficient (Wildman–Crippen LogP) is 4.13. The van der Waals surface area contributed by atoms with Crippen LogP contribution in [-0.4, -0.2) is 50.7 Å². The summed E-state index contributed by atoms with van der Waals surface area (Å²) in [4.78, 5) is 21.3. The summed E-state index contributed by atoms with van der Waals surface area (Å²) >= 11 is 6.00. The van der Waals surface area contributed by atoms with Crippen molar-refractivity contribution >= 4 is 33.4 Å². The number of alkyl halides is 3. The minimum atomic E-state index is -4.86. The second-order valence-corrected chi connectivity index (χ2v) is 9.98. The Balaban J connectivity index is 2.03. The van der Waals surface area contributed by atoms with Crippen molar-refractivity contribution in [2.24, 2.45) is 5.16 Å². The number of oxime groups is 1. The molecule has 0 fully saturated rings. The van der Waals surface area contributed by atoms with Gasteiger partial charge in [0.05, 0.1) is 31.0 Å². The zero-order chi connectivity index (χ0) is 26.9. The van der Waals surface area contributed by atoms with Crippen LogP contribution < -0.4 is 0 Å². The van der Waals surface area contributed by atoms with Crippen LogP contribution in [-0.2, 0) is 29.5 Å². The van der Waals surface area contributed by atoms with Gasteiger partial charge in [0.2, 0.25) is 0 Å². The Morgan fingerprint density at radius 1 is 1.28 bits per heavy atom. The number of carbonyl (C=O) groups is 1. The van der Waals surface area contributed by atoms with E-state index in [1.807, 2.05) is 0 Å². The second kappa shape index (κ2) is 10.1. The van der Waals surface area contributed by atoms with Crippen LogP contribution in [0.3, 0.4) is 0 Å². The van der Waals surface area contributed by atoms with Gasteiger partial charge < -0.3 is 9.57 Å². The van der Waals surface area contributed by atoms with E-state index in [9.17, 15) is 26.4 Å². The Labute approximate surface area is 210 Å². The lowest BCUT2D eigenvalue weighted by atomic mass is 9.86. The highest BCUT2D eigenvalue weighted by molar-refractivity contribution is 7.86. The molecule has 0 spiro atoms. The van der Waals surface area contributed by atoms with Crippen LogP contribution in [0, 0.1) is 18.8 Å². The first kappa shape index (κ1) is 27.4. The maximum atomic E-state index is 14.3. The first-order valence-electron chi connectivity index (χ1n) is 10.2. The van der Waals surface area contributed by atoms with Crippen LogP contribution in [0.1, 0.15) is 46.2 Å². The van der Waals surface area contributed by atoms with Gasteiger partial charge in [0.15, 0.2) is 0 Å². The first-order valence-corrected chi connectivity index (χ1v) is 12.4. The van der Waals surface area contributed by atoms with E-state index >= 15 is 0 Å². The monoisotopic (exact) mass is 544 g/mol. The summed E-state index contributed by atoms with van der Waals surface area (Å²) in [7, 11) is -2.68. The van der Waals surface area contributed by atoms with Crippen LogP contribution in [0.15, 0.2) is 35.5 Å². The van der Waals surface area contributed by atoms with Crippen molar-refractivity contribution < 1.29 is 40.1 Å². The van der Waals surface area contributed by atoms with E-state index in [1.54, 1.807) is 6.92 Å². The van der Waals surface area contributed by atoms with E-state index in [2.05, 4.69) is 22.0 Å². The van der Waals surface area contributed by atoms with E-state index in [0.717, 1.165) is 19.4 Å². The number of pyridine rings is 1. The molecule has 0 radical (unpaired) electrons. The molecule has 0 aliphatic carbocycles. The number of esters is 1. The normalized spacial score (nSPS) is 18.5. The van der Waals surface area contributed by atoms with Crippen LogP contribution in [0.2, 0.25) is 5.02 Å². The lowest BCUT2D eigenvalue weighted by molar-refractivity contribution is -0.275. The molecular formula is C23H20ClF3N2O6S. The van der Waals surface area contributed by atoms with Crippen LogP contribution in [0.25, 0.3) is 0 Å². The maximum absolute atomic E-state index is 14.3. The number of aromatic nitrogens is 1. The number of hydrogen-bond acceptors (Lipinski definition) is 8. The van der Waals surface area contributed by atoms with Gasteiger partial charge in [0, 0.05) is 10.6 Å². The molecular weight excluding hydrogens is 525 g/mol. The van der Waals surface area contributed by atoms with Gasteiger partial charge in [-0.25, -0.2) is 9.78 Å². The number of nitrogens with zero attached hydrogens (tertiary/aromatic N) is 2. The molecule has 1 aromatic carbocycles. The van der Waals surface area contributed by atoms with Crippen LogP contribution in [0.4, 0.5) is 13.2 Å². The van der Waals surface area contributed by atoms with E-state index in [-0.39, 0.29) is 33.2 Å². The summed E-state index contributed by atoms with van der Waals surface area (Å²) in [6.45, 7) is 2.96. The number of hydrogen-bond donors (Lipinski definition) is 0. The third-order valence-corrected chi connectivity index (χ3v) is 5.86. The smallest absolute Gasteiger partial charge is 0.435 e. The summed E-state index contributed by atoms with van der Waals surface area (Å²) in [6, 6.07) is 6.53. The Kier molecular flexibility index (Phi) is 7.69. The van der Waals surface area contributed by atoms with Gasteiger partial charge in [0.1, 0.15) is 17.5 Å². The molecule has 0 N–H and O–H groups in total. The topological polar surface area (TPSA) is 104 Å². The average molecular weight is 545 g/mol. The molecule has 2 aromatic rings. The van der Waals surface area contributed by atoms with E-state index < -0.39 is 40.4 Å². The van der Waals surface area contributed by atoms with Gasteiger partial charge in [0.25, 0.3) is 15.7 Å². The Morgan fingerprint density at radius 2 is 1.97 bits per heavy atom. The average Bonchev–Trinajstić information content (AvgIpc) is 3.22. The van der Waals surface area contributed by atoms with Gasteiger partial charge in [-0.1, -0.05) is 28.7 Å². The summed E-state index contributed by atoms with van der Waals surface area (Å²) in [6.07, 6.45) is -5.83. The minimum Gasteiger partial charge on any atom is -0.465 e. The molecule has 2 atom stereocenters. The Bertz CT molecular complexity index is 1380. The Hall–Kier alpha value is -3.14. The Morgan fingerprint density at radius 3 is 2.56 bits per heavy atom. The van der Waals surface area contributed by atoms with Gasteiger partial charge in [-0.05, 0) is 49.6 Å². The van der Waals surface area contributed by atoms with Gasteiger partial charge >= 0.3 is 12.1 Å². The number of rotatable bonds is 5. The largest absolute Gasteiger partial charge is 0.465 e. The fourth-order valence-corrected chi connectivity index (χ4v) is 4.32. The van der Waals surface area contributed by atoms with E-state index in [4.69, 9.17) is 25.4 Å². The third-order valence-electron chi connectivity index (χ3n) is 5.00. The molecule has 0 saturated carbocycles. The van der Waals surface area contributed by atoms with Gasteiger partial charge in [-0.15, -0.1) is 0 Å². The van der Waals surface area contributed by atoms with Crippen molar-refractivity contribution in [1.29, 1.82) is 0 Å². The third kappa shape index (κ3) is 5.98. The number of halogens is 4. The molecule has 3 rings (SSSR count). The zero-order valence-electron chi connectivity index (χ0n) is 19.4. The summed E-state index contributed by atoms with van der Waals surface area (Å²) < 4.78 is 74.9. The molecule has 36 heavy (non-hydrogen) atoms. The molecule has 0 bridgehead atoms. The summed E-state index contributed by atoms with van der Waals surface area (Å²) in [5.74, 6) is 4.20. The number of methoxy groups -OCH3 is 1. The quantitative estimate of drug-likeness (QED) is 0.317. The van der Waals surface area contributed by atoms with Gasteiger partial charge in [-0.2, -0.15) is 21.6 Å². The molecule has 2 unspecified atom stereocenters. The van der Waals surface area contributed by atoms with Crippen molar-refractivity contribution in [3.8, 4) is 11.8 Å². The van der Waals surface area contributed by atoms with Crippen molar-refractivity contribution in [1.82, 2.24) is 4.98 Å². The van der Waals surface area contributed by atoms with E-state index in [1.165, 1.54) is 31.2 Å². The number of benzene rings is 1. The number of carbonyl (C=O) groups excluding carboxylic acids is 1.